The fourth-order valence-corrected chi connectivity index (χ4v) is 4.50. The average molecular weight is 464 g/mol. The van der Waals surface area contributed by atoms with Crippen LogP contribution in [-0.2, 0) is 0 Å². The summed E-state index contributed by atoms with van der Waals surface area (Å²) in [6, 6.07) is 17.0. The molecule has 0 amide bonds. The van der Waals surface area contributed by atoms with Gasteiger partial charge in [-0.2, -0.15) is 0 Å². The average Bonchev–Trinajstić information content (AvgIpc) is 3.20. The SMILES string of the molecule is Cc1cc(-c2nc(Nc3ncc(-c4ccccc4)cc3C(=O)O)sc2C(C)C)ccc1Cl. The van der Waals surface area contributed by atoms with Gasteiger partial charge in [0.25, 0.3) is 0 Å². The second kappa shape index (κ2) is 9.10. The first-order chi connectivity index (χ1) is 15.3. The van der Waals surface area contributed by atoms with Gasteiger partial charge in [-0.3, -0.25) is 0 Å². The maximum atomic E-state index is 12.0. The number of benzene rings is 2. The van der Waals surface area contributed by atoms with Gasteiger partial charge in [0.2, 0.25) is 0 Å². The van der Waals surface area contributed by atoms with Gasteiger partial charge in [-0.1, -0.05) is 61.8 Å². The van der Waals surface area contributed by atoms with E-state index in [9.17, 15) is 9.90 Å². The number of halogens is 1. The number of hydrogen-bond acceptors (Lipinski definition) is 5. The van der Waals surface area contributed by atoms with Crippen LogP contribution >= 0.6 is 22.9 Å². The molecular weight excluding hydrogens is 442 g/mol. The largest absolute Gasteiger partial charge is 0.478 e. The number of aryl methyl sites for hydroxylation is 1. The summed E-state index contributed by atoms with van der Waals surface area (Å²) in [5.74, 6) is -0.534. The first-order valence-corrected chi connectivity index (χ1v) is 11.4. The van der Waals surface area contributed by atoms with Crippen LogP contribution in [0.3, 0.4) is 0 Å². The highest BCUT2D eigenvalue weighted by molar-refractivity contribution is 7.16. The summed E-state index contributed by atoms with van der Waals surface area (Å²) in [6.07, 6.45) is 1.67. The van der Waals surface area contributed by atoms with Crippen LogP contribution in [-0.4, -0.2) is 21.0 Å². The number of rotatable bonds is 6. The predicted octanol–water partition coefficient (Wildman–Crippen LogP) is 7.40. The molecule has 2 aromatic carbocycles. The lowest BCUT2D eigenvalue weighted by Crippen LogP contribution is -2.05. The van der Waals surface area contributed by atoms with Gasteiger partial charge in [-0.15, -0.1) is 11.3 Å². The van der Waals surface area contributed by atoms with Gasteiger partial charge in [0, 0.05) is 27.2 Å². The van der Waals surface area contributed by atoms with Gasteiger partial charge in [-0.05, 0) is 42.2 Å². The van der Waals surface area contributed by atoms with E-state index < -0.39 is 5.97 Å². The molecule has 2 aromatic heterocycles. The summed E-state index contributed by atoms with van der Waals surface area (Å²) in [6.45, 7) is 6.18. The van der Waals surface area contributed by atoms with Crippen molar-refractivity contribution in [2.24, 2.45) is 0 Å². The van der Waals surface area contributed by atoms with Crippen LogP contribution in [0.5, 0.6) is 0 Å². The zero-order valence-corrected chi connectivity index (χ0v) is 19.5. The van der Waals surface area contributed by atoms with E-state index in [0.717, 1.165) is 32.8 Å². The minimum Gasteiger partial charge on any atom is -0.478 e. The zero-order chi connectivity index (χ0) is 22.8. The second-order valence-electron chi connectivity index (χ2n) is 7.77. The molecule has 0 radical (unpaired) electrons. The van der Waals surface area contributed by atoms with Crippen molar-refractivity contribution in [3.05, 3.63) is 81.8 Å². The quantitative estimate of drug-likeness (QED) is 0.311. The Morgan fingerprint density at radius 3 is 2.47 bits per heavy atom. The number of aromatic carboxylic acids is 1. The zero-order valence-electron chi connectivity index (χ0n) is 17.9. The molecule has 0 unspecified atom stereocenters. The Morgan fingerprint density at radius 2 is 1.81 bits per heavy atom. The summed E-state index contributed by atoms with van der Waals surface area (Å²) in [4.78, 5) is 22.3. The molecule has 0 saturated heterocycles. The van der Waals surface area contributed by atoms with E-state index in [2.05, 4.69) is 24.1 Å². The Labute approximate surface area is 195 Å². The van der Waals surface area contributed by atoms with Gasteiger partial charge < -0.3 is 10.4 Å². The summed E-state index contributed by atoms with van der Waals surface area (Å²) in [7, 11) is 0. The first-order valence-electron chi connectivity index (χ1n) is 10.2. The fraction of sp³-hybridized carbons (Fsp3) is 0.160. The molecule has 0 aliphatic rings. The third-order valence-electron chi connectivity index (χ3n) is 5.06. The van der Waals surface area contributed by atoms with Crippen LogP contribution in [0.4, 0.5) is 10.9 Å². The third-order valence-corrected chi connectivity index (χ3v) is 6.76. The smallest absolute Gasteiger partial charge is 0.339 e. The lowest BCUT2D eigenvalue weighted by molar-refractivity contribution is 0.0697. The van der Waals surface area contributed by atoms with E-state index in [4.69, 9.17) is 16.6 Å². The molecule has 5 nitrogen and oxygen atoms in total. The topological polar surface area (TPSA) is 75.1 Å². The summed E-state index contributed by atoms with van der Waals surface area (Å²) in [5, 5.41) is 14.2. The van der Waals surface area contributed by atoms with Crippen molar-refractivity contribution >= 4 is 39.9 Å². The normalized spacial score (nSPS) is 11.0. The summed E-state index contributed by atoms with van der Waals surface area (Å²) in [5.41, 5.74) is 4.57. The lowest BCUT2D eigenvalue weighted by atomic mass is 10.0. The van der Waals surface area contributed by atoms with E-state index in [1.165, 1.54) is 11.3 Å². The van der Waals surface area contributed by atoms with Crippen molar-refractivity contribution in [1.29, 1.82) is 0 Å². The number of nitrogens with one attached hydrogen (secondary N) is 1. The minimum absolute atomic E-state index is 0.0940. The number of carboxylic acid groups (broad SMARTS) is 1. The van der Waals surface area contributed by atoms with Crippen molar-refractivity contribution in [2.75, 3.05) is 5.32 Å². The van der Waals surface area contributed by atoms with E-state index >= 15 is 0 Å². The molecule has 0 fully saturated rings. The predicted molar refractivity (Wildman–Crippen MR) is 131 cm³/mol. The number of carbonyl (C=O) groups is 1. The van der Waals surface area contributed by atoms with Gasteiger partial charge in [0.05, 0.1) is 5.69 Å². The molecule has 0 aliphatic carbocycles. The van der Waals surface area contributed by atoms with Crippen LogP contribution in [0.25, 0.3) is 22.4 Å². The van der Waals surface area contributed by atoms with Crippen molar-refractivity contribution < 1.29 is 9.90 Å². The molecule has 2 N–H and O–H groups in total. The van der Waals surface area contributed by atoms with E-state index in [1.807, 2.05) is 55.5 Å². The molecule has 7 heteroatoms. The Hall–Kier alpha value is -3.22. The number of nitrogens with zero attached hydrogens (tertiary/aromatic N) is 2. The van der Waals surface area contributed by atoms with Crippen LogP contribution < -0.4 is 5.32 Å². The Kier molecular flexibility index (Phi) is 6.26. The molecule has 0 atom stereocenters. The standard InChI is InChI=1S/C25H22ClN3O2S/c1-14(2)22-21(17-9-10-20(26)15(3)11-17)28-25(32-22)29-23-19(24(30)31)12-18(13-27-23)16-7-5-4-6-8-16/h4-14H,1-3H3,(H,30,31)(H,27,28,29). The second-order valence-corrected chi connectivity index (χ2v) is 9.20. The number of anilines is 2. The van der Waals surface area contributed by atoms with E-state index in [0.29, 0.717) is 10.2 Å². The Morgan fingerprint density at radius 1 is 1.06 bits per heavy atom. The van der Waals surface area contributed by atoms with E-state index in [-0.39, 0.29) is 17.3 Å². The number of hydrogen-bond donors (Lipinski definition) is 2. The molecule has 162 valence electrons. The van der Waals surface area contributed by atoms with Crippen LogP contribution in [0, 0.1) is 6.92 Å². The van der Waals surface area contributed by atoms with E-state index in [1.54, 1.807) is 12.3 Å². The van der Waals surface area contributed by atoms with Gasteiger partial charge in [0.15, 0.2) is 5.13 Å². The highest BCUT2D eigenvalue weighted by Crippen LogP contribution is 2.38. The van der Waals surface area contributed by atoms with Gasteiger partial charge >= 0.3 is 5.97 Å². The van der Waals surface area contributed by atoms with Crippen molar-refractivity contribution in [2.45, 2.75) is 26.7 Å². The fourth-order valence-electron chi connectivity index (χ4n) is 3.39. The van der Waals surface area contributed by atoms with Gasteiger partial charge in [-0.25, -0.2) is 14.8 Å². The monoisotopic (exact) mass is 463 g/mol. The summed E-state index contributed by atoms with van der Waals surface area (Å²) < 4.78 is 0. The van der Waals surface area contributed by atoms with Crippen molar-refractivity contribution in [3.8, 4) is 22.4 Å². The highest BCUT2D eigenvalue weighted by atomic mass is 35.5. The highest BCUT2D eigenvalue weighted by Gasteiger charge is 2.19. The molecule has 4 rings (SSSR count). The maximum absolute atomic E-state index is 12.0. The molecule has 0 saturated carbocycles. The van der Waals surface area contributed by atoms with Crippen molar-refractivity contribution in [1.82, 2.24) is 9.97 Å². The number of thiazole rings is 1. The molecule has 0 aliphatic heterocycles. The molecule has 4 aromatic rings. The first kappa shape index (κ1) is 22.0. The molecular formula is C25H22ClN3O2S. The van der Waals surface area contributed by atoms with Crippen LogP contribution in [0.1, 0.15) is 40.6 Å². The summed E-state index contributed by atoms with van der Waals surface area (Å²) >= 11 is 7.69. The molecule has 0 spiro atoms. The van der Waals surface area contributed by atoms with Crippen LogP contribution in [0.2, 0.25) is 5.02 Å². The minimum atomic E-state index is -1.05. The van der Waals surface area contributed by atoms with Crippen molar-refractivity contribution in [3.63, 3.8) is 0 Å². The lowest BCUT2D eigenvalue weighted by Gasteiger charge is -2.08. The molecule has 0 bridgehead atoms. The molecule has 2 heterocycles. The van der Waals surface area contributed by atoms with Gasteiger partial charge in [0.1, 0.15) is 11.4 Å². The Bertz CT molecular complexity index is 1290. The number of carboxylic acids is 1. The maximum Gasteiger partial charge on any atom is 0.339 e. The number of pyridine rings is 1. The number of aromatic nitrogens is 2. The van der Waals surface area contributed by atoms with Crippen LogP contribution in [0.15, 0.2) is 60.8 Å². The third kappa shape index (κ3) is 4.52. The Balaban J connectivity index is 1.72. The molecule has 32 heavy (non-hydrogen) atoms.